The van der Waals surface area contributed by atoms with Crippen molar-refractivity contribution in [2.75, 3.05) is 4.90 Å². The molecule has 3 heterocycles. The Balaban J connectivity index is 1.24. The number of nitrogens with zero attached hydrogens (tertiary/aromatic N) is 4. The Morgan fingerprint density at radius 1 is 0.596 bits per heavy atom. The molecule has 10 rings (SSSR count). The molecule has 0 fully saturated rings. The number of hydrogen-bond donors (Lipinski definition) is 0. The van der Waals surface area contributed by atoms with Gasteiger partial charge in [-0.1, -0.05) is 140 Å². The number of nitriles is 1. The van der Waals surface area contributed by atoms with Crippen molar-refractivity contribution in [2.45, 2.75) is 18.9 Å². The van der Waals surface area contributed by atoms with Crippen LogP contribution in [0.1, 0.15) is 39.1 Å². The maximum Gasteiger partial charge on any atom is 0.268 e. The summed E-state index contributed by atoms with van der Waals surface area (Å²) in [6, 6.07) is 56.4. The van der Waals surface area contributed by atoms with E-state index < -0.39 is 5.91 Å². The number of anilines is 1. The summed E-state index contributed by atoms with van der Waals surface area (Å²) in [6.07, 6.45) is 3.62. The van der Waals surface area contributed by atoms with Gasteiger partial charge in [-0.3, -0.25) is 14.6 Å². The van der Waals surface area contributed by atoms with E-state index in [1.54, 1.807) is 12.3 Å². The summed E-state index contributed by atoms with van der Waals surface area (Å²) < 4.78 is 2.13. The zero-order valence-electron chi connectivity index (χ0n) is 31.0. The van der Waals surface area contributed by atoms with Gasteiger partial charge >= 0.3 is 0 Å². The van der Waals surface area contributed by atoms with Crippen LogP contribution in [0.3, 0.4) is 0 Å². The second kappa shape index (κ2) is 13.6. The smallest absolute Gasteiger partial charge is 0.268 e. The van der Waals surface area contributed by atoms with E-state index in [9.17, 15) is 5.26 Å². The molecular weight excluding hydrogens is 701 g/mol. The van der Waals surface area contributed by atoms with Gasteiger partial charge in [0, 0.05) is 34.0 Å². The van der Waals surface area contributed by atoms with Gasteiger partial charge in [-0.05, 0) is 65.1 Å². The van der Waals surface area contributed by atoms with Crippen molar-refractivity contribution in [3.05, 3.63) is 192 Å². The highest BCUT2D eigenvalue weighted by molar-refractivity contribution is 6.37. The number of aromatic nitrogens is 1. The fourth-order valence-corrected chi connectivity index (χ4v) is 8.65. The third kappa shape index (κ3) is 5.43. The largest absolute Gasteiger partial charge is 0.308 e. The van der Waals surface area contributed by atoms with E-state index in [-0.39, 0.29) is 17.9 Å². The second-order valence-corrected chi connectivity index (χ2v) is 14.5. The lowest BCUT2D eigenvalue weighted by Gasteiger charge is -2.25. The Hall–Kier alpha value is -7.62. The molecule has 0 radical (unpaired) electrons. The van der Waals surface area contributed by atoms with Gasteiger partial charge in [0.1, 0.15) is 6.07 Å². The molecule has 8 aromatic rings. The quantitative estimate of drug-likeness (QED) is 0.160. The van der Waals surface area contributed by atoms with Gasteiger partial charge in [0.25, 0.3) is 11.8 Å². The molecule has 2 atom stereocenters. The molecule has 2 amide bonds. The molecule has 6 heteroatoms. The minimum atomic E-state index is -0.391. The molecule has 7 aromatic carbocycles. The number of para-hydroxylation sites is 2. The Labute approximate surface area is 329 Å². The fraction of sp³-hybridized carbons (Fsp3) is 0.0588. The van der Waals surface area contributed by atoms with Crippen LogP contribution in [0.15, 0.2) is 180 Å². The number of dihydropyridines is 1. The first-order chi connectivity index (χ1) is 28.0. The number of aliphatic imine (C=N–C) groups is 1. The van der Waals surface area contributed by atoms with Crippen LogP contribution < -0.4 is 4.90 Å². The lowest BCUT2D eigenvalue weighted by atomic mass is 9.87. The van der Waals surface area contributed by atoms with Crippen LogP contribution in [-0.2, 0) is 0 Å². The minimum absolute atomic E-state index is 0.119. The number of fused-ring (bicyclic) bond motifs is 4. The molecule has 270 valence electrons. The van der Waals surface area contributed by atoms with Gasteiger partial charge < -0.3 is 4.57 Å². The first-order valence-electron chi connectivity index (χ1n) is 19.1. The molecule has 0 N–H and O–H groups in total. The average Bonchev–Trinajstić information content (AvgIpc) is 3.74. The summed E-state index contributed by atoms with van der Waals surface area (Å²) in [6.45, 7) is 2.05. The standard InChI is InChI=1S/C51H34N4O2/c1-32-42(27-33(30-52)31-53-32)40-23-13-22-39-38-21-11-12-25-45(38)54(48(39)40)46-26-14-24-41-47(46)51(57)55(50(41)56)49-43(35-17-7-3-8-18-35)28-37(34-15-5-2-6-16-34)29-44(49)36-19-9-4-10-20-36/h2-29,31-32,42H,1H3. The Kier molecular flexibility index (Phi) is 8.09. The maximum atomic E-state index is 15.5. The topological polar surface area (TPSA) is 78.5 Å². The van der Waals surface area contributed by atoms with E-state index in [1.165, 1.54) is 4.90 Å². The van der Waals surface area contributed by atoms with E-state index in [4.69, 9.17) is 0 Å². The summed E-state index contributed by atoms with van der Waals surface area (Å²) in [4.78, 5) is 36.6. The number of carbonyl (C=O) groups is 2. The van der Waals surface area contributed by atoms with Crippen LogP contribution in [-0.4, -0.2) is 28.6 Å². The van der Waals surface area contributed by atoms with Crippen molar-refractivity contribution >= 4 is 45.5 Å². The lowest BCUT2D eigenvalue weighted by Crippen LogP contribution is -2.30. The number of hydrogen-bond acceptors (Lipinski definition) is 4. The maximum absolute atomic E-state index is 15.5. The van der Waals surface area contributed by atoms with Crippen LogP contribution in [0, 0.1) is 11.3 Å². The van der Waals surface area contributed by atoms with Crippen molar-refractivity contribution in [3.8, 4) is 45.1 Å². The lowest BCUT2D eigenvalue weighted by molar-refractivity contribution is 0.0926. The summed E-state index contributed by atoms with van der Waals surface area (Å²) in [5.41, 5.74) is 10.5. The van der Waals surface area contributed by atoms with Crippen molar-refractivity contribution < 1.29 is 9.59 Å². The van der Waals surface area contributed by atoms with E-state index in [1.807, 2.05) is 115 Å². The molecule has 57 heavy (non-hydrogen) atoms. The van der Waals surface area contributed by atoms with Gasteiger partial charge in [0.15, 0.2) is 0 Å². The molecule has 2 aliphatic rings. The van der Waals surface area contributed by atoms with Crippen molar-refractivity contribution in [1.82, 2.24) is 4.57 Å². The monoisotopic (exact) mass is 734 g/mol. The van der Waals surface area contributed by atoms with Gasteiger partial charge in [0.05, 0.1) is 45.2 Å². The van der Waals surface area contributed by atoms with Crippen LogP contribution in [0.5, 0.6) is 0 Å². The molecule has 0 aliphatic carbocycles. The molecular formula is C51H34N4O2. The third-order valence-electron chi connectivity index (χ3n) is 11.3. The molecule has 2 unspecified atom stereocenters. The molecule has 0 saturated carbocycles. The number of carbonyl (C=O) groups excluding carboxylic acids is 2. The van der Waals surface area contributed by atoms with Crippen molar-refractivity contribution in [3.63, 3.8) is 0 Å². The van der Waals surface area contributed by atoms with Crippen LogP contribution in [0.25, 0.3) is 60.9 Å². The predicted molar refractivity (Wildman–Crippen MR) is 229 cm³/mol. The molecule has 1 aromatic heterocycles. The summed E-state index contributed by atoms with van der Waals surface area (Å²) in [5.74, 6) is -0.957. The first kappa shape index (κ1) is 33.9. The molecule has 0 spiro atoms. The predicted octanol–water partition coefficient (Wildman–Crippen LogP) is 11.6. The van der Waals surface area contributed by atoms with Crippen molar-refractivity contribution in [2.24, 2.45) is 4.99 Å². The second-order valence-electron chi connectivity index (χ2n) is 14.5. The number of benzene rings is 7. The van der Waals surface area contributed by atoms with Gasteiger partial charge in [0.2, 0.25) is 0 Å². The van der Waals surface area contributed by atoms with E-state index in [2.05, 4.69) is 71.1 Å². The Morgan fingerprint density at radius 2 is 1.19 bits per heavy atom. The first-order valence-corrected chi connectivity index (χ1v) is 19.1. The highest BCUT2D eigenvalue weighted by Gasteiger charge is 2.42. The minimum Gasteiger partial charge on any atom is -0.308 e. The van der Waals surface area contributed by atoms with Crippen LogP contribution in [0.2, 0.25) is 0 Å². The summed E-state index contributed by atoms with van der Waals surface area (Å²) in [7, 11) is 0. The highest BCUT2D eigenvalue weighted by atomic mass is 16.2. The molecule has 0 bridgehead atoms. The third-order valence-corrected chi connectivity index (χ3v) is 11.3. The molecule has 2 aliphatic heterocycles. The fourth-order valence-electron chi connectivity index (χ4n) is 8.65. The Morgan fingerprint density at radius 3 is 1.86 bits per heavy atom. The van der Waals surface area contributed by atoms with Crippen LogP contribution in [0.4, 0.5) is 5.69 Å². The SMILES string of the molecule is CC1N=CC(C#N)=CC1c1cccc2c3ccccc3n(-c3cccc4c3C(=O)N(c3c(-c5ccccc5)cc(-c5ccccc5)cc3-c3ccccc3)C4=O)c12. The van der Waals surface area contributed by atoms with Crippen LogP contribution >= 0.6 is 0 Å². The van der Waals surface area contributed by atoms with E-state index in [0.717, 1.165) is 60.8 Å². The normalized spacial score (nSPS) is 16.2. The number of amides is 2. The number of rotatable bonds is 6. The highest BCUT2D eigenvalue weighted by Crippen LogP contribution is 2.47. The van der Waals surface area contributed by atoms with Gasteiger partial charge in [-0.25, -0.2) is 4.90 Å². The van der Waals surface area contributed by atoms with E-state index >= 15 is 9.59 Å². The zero-order chi connectivity index (χ0) is 38.6. The van der Waals surface area contributed by atoms with E-state index in [0.29, 0.717) is 28.1 Å². The Bertz CT molecular complexity index is 2970. The summed E-state index contributed by atoms with van der Waals surface area (Å²) in [5, 5.41) is 11.9. The number of allylic oxidation sites excluding steroid dienone is 1. The molecule has 6 nitrogen and oxygen atoms in total. The average molecular weight is 735 g/mol. The molecule has 0 saturated heterocycles. The van der Waals surface area contributed by atoms with Gasteiger partial charge in [-0.2, -0.15) is 5.26 Å². The number of imide groups is 1. The van der Waals surface area contributed by atoms with Gasteiger partial charge in [-0.15, -0.1) is 0 Å². The zero-order valence-corrected chi connectivity index (χ0v) is 31.0. The van der Waals surface area contributed by atoms with Crippen molar-refractivity contribution in [1.29, 1.82) is 5.26 Å². The summed E-state index contributed by atoms with van der Waals surface area (Å²) >= 11 is 0.